The number of nitrogens with one attached hydrogen (secondary N) is 1. The molecule has 4 aromatic rings. The molecule has 0 bridgehead atoms. The van der Waals surface area contributed by atoms with E-state index >= 15 is 0 Å². The number of carbonyl (C=O) groups excluding carboxylic acids is 1. The fourth-order valence-electron chi connectivity index (χ4n) is 3.04. The third-order valence-corrected chi connectivity index (χ3v) is 5.97. The van der Waals surface area contributed by atoms with Crippen LogP contribution in [0.15, 0.2) is 67.0 Å². The van der Waals surface area contributed by atoms with Crippen LogP contribution < -0.4 is 10.2 Å². The molecule has 0 aliphatic rings. The van der Waals surface area contributed by atoms with Gasteiger partial charge in [-0.3, -0.25) is 4.79 Å². The van der Waals surface area contributed by atoms with Crippen LogP contribution in [0.3, 0.4) is 0 Å². The van der Waals surface area contributed by atoms with E-state index in [9.17, 15) is 4.79 Å². The Morgan fingerprint density at radius 1 is 1.10 bits per heavy atom. The van der Waals surface area contributed by atoms with Crippen LogP contribution in [0.2, 0.25) is 5.02 Å². The molecule has 0 unspecified atom stereocenters. The maximum atomic E-state index is 12.3. The molecule has 0 atom stereocenters. The van der Waals surface area contributed by atoms with Gasteiger partial charge in [-0.2, -0.15) is 0 Å². The summed E-state index contributed by atoms with van der Waals surface area (Å²) in [6, 6.07) is 19.5. The number of thiophene rings is 1. The first kappa shape index (κ1) is 19.4. The van der Waals surface area contributed by atoms with Gasteiger partial charge in [-0.1, -0.05) is 54.1 Å². The van der Waals surface area contributed by atoms with Crippen molar-refractivity contribution in [2.75, 3.05) is 23.8 Å². The zero-order valence-electron chi connectivity index (χ0n) is 15.8. The van der Waals surface area contributed by atoms with Gasteiger partial charge in [0.1, 0.15) is 17.0 Å². The minimum Gasteiger partial charge on any atom is -0.359 e. The Kier molecular flexibility index (Phi) is 5.74. The van der Waals surface area contributed by atoms with Crippen LogP contribution in [0.25, 0.3) is 20.7 Å². The Morgan fingerprint density at radius 2 is 1.86 bits per heavy atom. The number of nitrogens with zero attached hydrogens (tertiary/aromatic N) is 3. The lowest BCUT2D eigenvalue weighted by Gasteiger charge is -2.18. The Bertz CT molecular complexity index is 1150. The number of halogens is 1. The van der Waals surface area contributed by atoms with Crippen LogP contribution in [-0.4, -0.2) is 29.5 Å². The monoisotopic (exact) mass is 422 g/mol. The highest BCUT2D eigenvalue weighted by Crippen LogP contribution is 2.35. The molecule has 0 aliphatic heterocycles. The number of para-hydroxylation sites is 1. The second-order valence-corrected chi connectivity index (χ2v) is 8.03. The van der Waals surface area contributed by atoms with Crippen molar-refractivity contribution >= 4 is 50.6 Å². The van der Waals surface area contributed by atoms with Crippen molar-refractivity contribution in [1.29, 1.82) is 0 Å². The molecule has 0 fully saturated rings. The van der Waals surface area contributed by atoms with Gasteiger partial charge >= 0.3 is 0 Å². The molecule has 0 saturated heterocycles. The third kappa shape index (κ3) is 4.39. The number of rotatable bonds is 6. The van der Waals surface area contributed by atoms with Crippen LogP contribution in [-0.2, 0) is 4.79 Å². The van der Waals surface area contributed by atoms with Gasteiger partial charge < -0.3 is 10.2 Å². The topological polar surface area (TPSA) is 58.1 Å². The summed E-state index contributed by atoms with van der Waals surface area (Å²) in [7, 11) is 1.93. The molecule has 0 aliphatic carbocycles. The first-order valence-electron chi connectivity index (χ1n) is 9.17. The average Bonchev–Trinajstić information content (AvgIpc) is 3.19. The van der Waals surface area contributed by atoms with Gasteiger partial charge in [0.15, 0.2) is 0 Å². The summed E-state index contributed by atoms with van der Waals surface area (Å²) >= 11 is 7.74. The zero-order chi connectivity index (χ0) is 20.2. The van der Waals surface area contributed by atoms with Gasteiger partial charge in [-0.15, -0.1) is 11.3 Å². The fourth-order valence-corrected chi connectivity index (χ4v) is 4.22. The van der Waals surface area contributed by atoms with Crippen LogP contribution >= 0.6 is 22.9 Å². The molecule has 5 nitrogen and oxygen atoms in total. The van der Waals surface area contributed by atoms with E-state index in [0.29, 0.717) is 23.7 Å². The number of hydrogen-bond donors (Lipinski definition) is 1. The second-order valence-electron chi connectivity index (χ2n) is 6.59. The van der Waals surface area contributed by atoms with Gasteiger partial charge in [0, 0.05) is 24.9 Å². The van der Waals surface area contributed by atoms with E-state index in [1.54, 1.807) is 29.8 Å². The van der Waals surface area contributed by atoms with Crippen molar-refractivity contribution < 1.29 is 4.79 Å². The van der Waals surface area contributed by atoms with Gasteiger partial charge in [0.05, 0.1) is 16.1 Å². The van der Waals surface area contributed by atoms with E-state index in [-0.39, 0.29) is 5.91 Å². The first-order chi connectivity index (χ1) is 14.1. The van der Waals surface area contributed by atoms with Gasteiger partial charge in [0.25, 0.3) is 0 Å². The van der Waals surface area contributed by atoms with Crippen molar-refractivity contribution in [2.45, 2.75) is 6.42 Å². The van der Waals surface area contributed by atoms with Crippen molar-refractivity contribution in [1.82, 2.24) is 9.97 Å². The van der Waals surface area contributed by atoms with Crippen molar-refractivity contribution in [3.8, 4) is 10.4 Å². The van der Waals surface area contributed by atoms with E-state index < -0.39 is 0 Å². The fraction of sp³-hybridized carbons (Fsp3) is 0.136. The predicted molar refractivity (Wildman–Crippen MR) is 121 cm³/mol. The van der Waals surface area contributed by atoms with Gasteiger partial charge in [-0.05, 0) is 23.8 Å². The molecule has 2 aromatic carbocycles. The summed E-state index contributed by atoms with van der Waals surface area (Å²) in [5.74, 6) is 0.726. The summed E-state index contributed by atoms with van der Waals surface area (Å²) in [6.45, 7) is 0.527. The standard InChI is InChI=1S/C22H19ClN4OS/c1-27(12-11-20(28)26-18-10-6-5-9-17(18)23)21-16-13-19(15-7-3-2-4-8-15)29-22(16)25-14-24-21/h2-10,13-14H,11-12H2,1H3,(H,26,28). The van der Waals surface area contributed by atoms with Crippen LogP contribution in [0.5, 0.6) is 0 Å². The maximum Gasteiger partial charge on any atom is 0.226 e. The molecule has 2 heterocycles. The van der Waals surface area contributed by atoms with E-state index in [4.69, 9.17) is 11.6 Å². The molecule has 1 amide bonds. The molecule has 0 saturated carbocycles. The molecule has 0 spiro atoms. The summed E-state index contributed by atoms with van der Waals surface area (Å²) in [5, 5.41) is 4.37. The molecule has 7 heteroatoms. The Balaban J connectivity index is 1.48. The molecule has 146 valence electrons. The first-order valence-corrected chi connectivity index (χ1v) is 10.4. The lowest BCUT2D eigenvalue weighted by atomic mass is 10.2. The SMILES string of the molecule is CN(CCC(=O)Nc1ccccc1Cl)c1ncnc2sc(-c3ccccc3)cc12. The highest BCUT2D eigenvalue weighted by molar-refractivity contribution is 7.21. The third-order valence-electron chi connectivity index (χ3n) is 4.55. The van der Waals surface area contributed by atoms with Crippen LogP contribution in [0.1, 0.15) is 6.42 Å². The van der Waals surface area contributed by atoms with Crippen molar-refractivity contribution in [2.24, 2.45) is 0 Å². The van der Waals surface area contributed by atoms with Crippen molar-refractivity contribution in [3.05, 3.63) is 72.0 Å². The summed E-state index contributed by atoms with van der Waals surface area (Å²) in [6.07, 6.45) is 1.89. The Hall–Kier alpha value is -2.96. The number of hydrogen-bond acceptors (Lipinski definition) is 5. The van der Waals surface area contributed by atoms with Crippen LogP contribution in [0.4, 0.5) is 11.5 Å². The smallest absolute Gasteiger partial charge is 0.226 e. The quantitative estimate of drug-likeness (QED) is 0.447. The molecule has 1 N–H and O–H groups in total. The predicted octanol–water partition coefficient (Wildman–Crippen LogP) is 5.48. The zero-order valence-corrected chi connectivity index (χ0v) is 17.4. The summed E-state index contributed by atoms with van der Waals surface area (Å²) in [4.78, 5) is 25.3. The molecule has 0 radical (unpaired) electrons. The van der Waals surface area contributed by atoms with Gasteiger partial charge in [0.2, 0.25) is 5.91 Å². The minimum atomic E-state index is -0.0921. The number of anilines is 2. The normalized spacial score (nSPS) is 10.8. The number of benzene rings is 2. The van der Waals surface area contributed by atoms with E-state index in [2.05, 4.69) is 33.5 Å². The van der Waals surface area contributed by atoms with Crippen LogP contribution in [0, 0.1) is 0 Å². The number of aromatic nitrogens is 2. The average molecular weight is 423 g/mol. The summed E-state index contributed by atoms with van der Waals surface area (Å²) < 4.78 is 0. The highest BCUT2D eigenvalue weighted by Gasteiger charge is 2.14. The lowest BCUT2D eigenvalue weighted by Crippen LogP contribution is -2.24. The molecule has 2 aromatic heterocycles. The van der Waals surface area contributed by atoms with Crippen molar-refractivity contribution in [3.63, 3.8) is 0 Å². The van der Waals surface area contributed by atoms with E-state index in [1.165, 1.54) is 0 Å². The number of amides is 1. The Labute approximate surface area is 178 Å². The lowest BCUT2D eigenvalue weighted by molar-refractivity contribution is -0.116. The maximum absolute atomic E-state index is 12.3. The largest absolute Gasteiger partial charge is 0.359 e. The van der Waals surface area contributed by atoms with E-state index in [0.717, 1.165) is 26.5 Å². The molecule has 29 heavy (non-hydrogen) atoms. The molecular formula is C22H19ClN4OS. The molecular weight excluding hydrogens is 404 g/mol. The van der Waals surface area contributed by atoms with E-state index in [1.807, 2.05) is 42.3 Å². The second kappa shape index (κ2) is 8.59. The summed E-state index contributed by atoms with van der Waals surface area (Å²) in [5.41, 5.74) is 1.78. The molecule has 4 rings (SSSR count). The number of fused-ring (bicyclic) bond motifs is 1. The highest BCUT2D eigenvalue weighted by atomic mass is 35.5. The van der Waals surface area contributed by atoms with Gasteiger partial charge in [-0.25, -0.2) is 9.97 Å². The minimum absolute atomic E-state index is 0.0921. The number of carbonyl (C=O) groups is 1. The Morgan fingerprint density at radius 3 is 2.66 bits per heavy atom.